The molecule has 2 atom stereocenters. The molecule has 1 aromatic carbocycles. The number of rotatable bonds is 2. The van der Waals surface area contributed by atoms with Gasteiger partial charge in [-0.25, -0.2) is 0 Å². The maximum atomic E-state index is 8.78. The van der Waals surface area contributed by atoms with Crippen molar-refractivity contribution in [3.63, 3.8) is 0 Å². The number of benzene rings is 1. The molecule has 3 heteroatoms. The van der Waals surface area contributed by atoms with E-state index in [1.807, 2.05) is 12.1 Å². The molecule has 1 aliphatic heterocycles. The molecule has 0 aliphatic carbocycles. The molecule has 0 saturated carbocycles. The van der Waals surface area contributed by atoms with Crippen LogP contribution in [0.4, 0.5) is 0 Å². The standard InChI is InChI=1S/C14H19N3/c1-11-10-17(8-7-16-11)12(2)14-5-3-13(9-15)4-6-14/h3-6,11-12,16H,7-8,10H2,1-2H3. The summed E-state index contributed by atoms with van der Waals surface area (Å²) in [6, 6.07) is 11.1. The summed E-state index contributed by atoms with van der Waals surface area (Å²) in [5.41, 5.74) is 2.02. The molecule has 0 aromatic heterocycles. The van der Waals surface area contributed by atoms with E-state index < -0.39 is 0 Å². The van der Waals surface area contributed by atoms with E-state index in [2.05, 4.69) is 42.3 Å². The van der Waals surface area contributed by atoms with Crippen LogP contribution in [0.2, 0.25) is 0 Å². The van der Waals surface area contributed by atoms with Crippen LogP contribution in [0.25, 0.3) is 0 Å². The molecule has 1 N–H and O–H groups in total. The van der Waals surface area contributed by atoms with E-state index in [1.54, 1.807) is 0 Å². The van der Waals surface area contributed by atoms with E-state index in [-0.39, 0.29) is 0 Å². The molecule has 90 valence electrons. The zero-order valence-electron chi connectivity index (χ0n) is 10.5. The highest BCUT2D eigenvalue weighted by Crippen LogP contribution is 2.21. The fourth-order valence-corrected chi connectivity index (χ4v) is 2.36. The van der Waals surface area contributed by atoms with Gasteiger partial charge in [-0.15, -0.1) is 0 Å². The summed E-state index contributed by atoms with van der Waals surface area (Å²) in [5.74, 6) is 0. The highest BCUT2D eigenvalue weighted by atomic mass is 15.2. The molecule has 1 saturated heterocycles. The van der Waals surface area contributed by atoms with Gasteiger partial charge >= 0.3 is 0 Å². The molecule has 2 unspecified atom stereocenters. The van der Waals surface area contributed by atoms with Gasteiger partial charge in [0.25, 0.3) is 0 Å². The van der Waals surface area contributed by atoms with Crippen LogP contribution in [0.3, 0.4) is 0 Å². The molecule has 2 rings (SSSR count). The molecule has 1 aliphatic rings. The summed E-state index contributed by atoms with van der Waals surface area (Å²) in [6.45, 7) is 7.69. The SMILES string of the molecule is CC1CN(C(C)c2ccc(C#N)cc2)CCN1. The van der Waals surface area contributed by atoms with Gasteiger partial charge in [-0.05, 0) is 31.5 Å². The quantitative estimate of drug-likeness (QED) is 0.842. The van der Waals surface area contributed by atoms with E-state index in [1.165, 1.54) is 5.56 Å². The molecule has 0 radical (unpaired) electrons. The van der Waals surface area contributed by atoms with Crippen molar-refractivity contribution in [1.29, 1.82) is 5.26 Å². The van der Waals surface area contributed by atoms with Crippen LogP contribution in [0.1, 0.15) is 31.0 Å². The van der Waals surface area contributed by atoms with Crippen LogP contribution in [-0.4, -0.2) is 30.6 Å². The number of nitrogens with zero attached hydrogens (tertiary/aromatic N) is 2. The number of hydrogen-bond donors (Lipinski definition) is 1. The minimum atomic E-state index is 0.423. The van der Waals surface area contributed by atoms with Crippen molar-refractivity contribution in [3.8, 4) is 6.07 Å². The van der Waals surface area contributed by atoms with Crippen molar-refractivity contribution in [1.82, 2.24) is 10.2 Å². The van der Waals surface area contributed by atoms with E-state index in [9.17, 15) is 0 Å². The average molecular weight is 229 g/mol. The predicted octanol–water partition coefficient (Wildman–Crippen LogP) is 1.91. The maximum Gasteiger partial charge on any atom is 0.0991 e. The van der Waals surface area contributed by atoms with E-state index >= 15 is 0 Å². The van der Waals surface area contributed by atoms with Crippen molar-refractivity contribution in [2.75, 3.05) is 19.6 Å². The van der Waals surface area contributed by atoms with Crippen LogP contribution >= 0.6 is 0 Å². The molecule has 1 heterocycles. The van der Waals surface area contributed by atoms with Crippen molar-refractivity contribution in [2.24, 2.45) is 0 Å². The smallest absolute Gasteiger partial charge is 0.0991 e. The lowest BCUT2D eigenvalue weighted by Gasteiger charge is -2.36. The summed E-state index contributed by atoms with van der Waals surface area (Å²) >= 11 is 0. The minimum Gasteiger partial charge on any atom is -0.312 e. The van der Waals surface area contributed by atoms with Gasteiger partial charge in [0.2, 0.25) is 0 Å². The Hall–Kier alpha value is -1.37. The second kappa shape index (κ2) is 5.31. The van der Waals surface area contributed by atoms with Gasteiger partial charge < -0.3 is 5.32 Å². The zero-order chi connectivity index (χ0) is 12.3. The second-order valence-corrected chi connectivity index (χ2v) is 4.76. The van der Waals surface area contributed by atoms with Gasteiger partial charge in [-0.2, -0.15) is 5.26 Å². The summed E-state index contributed by atoms with van der Waals surface area (Å²) in [7, 11) is 0. The van der Waals surface area contributed by atoms with E-state index in [4.69, 9.17) is 5.26 Å². The van der Waals surface area contributed by atoms with Gasteiger partial charge in [-0.1, -0.05) is 12.1 Å². The Morgan fingerprint density at radius 1 is 1.41 bits per heavy atom. The Balaban J connectivity index is 2.07. The van der Waals surface area contributed by atoms with Gasteiger partial charge in [0.15, 0.2) is 0 Å². The first-order chi connectivity index (χ1) is 8.20. The second-order valence-electron chi connectivity index (χ2n) is 4.76. The summed E-state index contributed by atoms with van der Waals surface area (Å²) in [6.07, 6.45) is 0. The Kier molecular flexibility index (Phi) is 3.78. The number of nitrogens with one attached hydrogen (secondary N) is 1. The average Bonchev–Trinajstić information content (AvgIpc) is 2.38. The number of hydrogen-bond acceptors (Lipinski definition) is 3. The molecule has 0 amide bonds. The lowest BCUT2D eigenvalue weighted by molar-refractivity contribution is 0.159. The fraction of sp³-hybridized carbons (Fsp3) is 0.500. The van der Waals surface area contributed by atoms with Gasteiger partial charge in [0.1, 0.15) is 0 Å². The summed E-state index contributed by atoms with van der Waals surface area (Å²) in [4.78, 5) is 2.49. The Labute approximate surface area is 103 Å². The van der Waals surface area contributed by atoms with Crippen molar-refractivity contribution in [3.05, 3.63) is 35.4 Å². The van der Waals surface area contributed by atoms with E-state index in [0.29, 0.717) is 12.1 Å². The van der Waals surface area contributed by atoms with Crippen molar-refractivity contribution in [2.45, 2.75) is 25.9 Å². The van der Waals surface area contributed by atoms with Crippen LogP contribution in [0, 0.1) is 11.3 Å². The molecular formula is C14H19N3. The molecule has 1 fully saturated rings. The zero-order valence-corrected chi connectivity index (χ0v) is 10.5. The van der Waals surface area contributed by atoms with Crippen LogP contribution in [0.5, 0.6) is 0 Å². The topological polar surface area (TPSA) is 39.1 Å². The largest absolute Gasteiger partial charge is 0.312 e. The molecule has 0 bridgehead atoms. The first-order valence-electron chi connectivity index (χ1n) is 6.18. The number of nitriles is 1. The summed E-state index contributed by atoms with van der Waals surface area (Å²) in [5, 5.41) is 12.2. The third kappa shape index (κ3) is 2.85. The first kappa shape index (κ1) is 12.1. The lowest BCUT2D eigenvalue weighted by Crippen LogP contribution is -2.49. The van der Waals surface area contributed by atoms with E-state index in [0.717, 1.165) is 25.2 Å². The van der Waals surface area contributed by atoms with Crippen molar-refractivity contribution >= 4 is 0 Å². The summed E-state index contributed by atoms with van der Waals surface area (Å²) < 4.78 is 0. The van der Waals surface area contributed by atoms with Crippen LogP contribution in [-0.2, 0) is 0 Å². The third-order valence-electron chi connectivity index (χ3n) is 3.47. The van der Waals surface area contributed by atoms with Crippen molar-refractivity contribution < 1.29 is 0 Å². The Bertz CT molecular complexity index is 404. The molecule has 1 aromatic rings. The fourth-order valence-electron chi connectivity index (χ4n) is 2.36. The monoisotopic (exact) mass is 229 g/mol. The molecule has 3 nitrogen and oxygen atoms in total. The third-order valence-corrected chi connectivity index (χ3v) is 3.47. The van der Waals surface area contributed by atoms with Crippen LogP contribution in [0.15, 0.2) is 24.3 Å². The minimum absolute atomic E-state index is 0.423. The first-order valence-corrected chi connectivity index (χ1v) is 6.18. The van der Waals surface area contributed by atoms with Gasteiger partial charge in [-0.3, -0.25) is 4.90 Å². The highest BCUT2D eigenvalue weighted by Gasteiger charge is 2.21. The normalized spacial score (nSPS) is 23.0. The maximum absolute atomic E-state index is 8.78. The number of piperazine rings is 1. The van der Waals surface area contributed by atoms with Crippen LogP contribution < -0.4 is 5.32 Å². The Morgan fingerprint density at radius 3 is 2.71 bits per heavy atom. The lowest BCUT2D eigenvalue weighted by atomic mass is 10.0. The molecule has 0 spiro atoms. The molecular weight excluding hydrogens is 210 g/mol. The predicted molar refractivity (Wildman–Crippen MR) is 68.6 cm³/mol. The Morgan fingerprint density at radius 2 is 2.12 bits per heavy atom. The van der Waals surface area contributed by atoms with Gasteiger partial charge in [0.05, 0.1) is 11.6 Å². The van der Waals surface area contributed by atoms with Gasteiger partial charge in [0, 0.05) is 31.7 Å². The molecule has 17 heavy (non-hydrogen) atoms. The highest BCUT2D eigenvalue weighted by molar-refractivity contribution is 5.32.